The van der Waals surface area contributed by atoms with Crippen molar-refractivity contribution in [1.82, 2.24) is 4.98 Å². The topological polar surface area (TPSA) is 117 Å². The summed E-state index contributed by atoms with van der Waals surface area (Å²) in [6.45, 7) is 5.87. The lowest BCUT2D eigenvalue weighted by Crippen LogP contribution is -2.13. The summed E-state index contributed by atoms with van der Waals surface area (Å²) < 4.78 is 13.3. The van der Waals surface area contributed by atoms with E-state index in [1.54, 1.807) is 12.1 Å². The summed E-state index contributed by atoms with van der Waals surface area (Å²) in [5, 5.41) is 7.51. The standard InChI is InChI=1S/C32H29FN4O3/c1-17(2)15-28(38)35-21-11-12-24-27(16-21)36-30-25(31(34)39)14-13-23(29(24)30)22-5-4-6-26(18(22)3)37-32(40)19-7-9-20(33)10-8-19/h4-14,16-17,36H,15H2,1-3H3,(H2,34,39)(H,35,38)(H,37,40). The Kier molecular flexibility index (Phi) is 7.09. The minimum Gasteiger partial charge on any atom is -0.366 e. The maximum atomic E-state index is 13.3. The van der Waals surface area contributed by atoms with Gasteiger partial charge in [-0.15, -0.1) is 0 Å². The summed E-state index contributed by atoms with van der Waals surface area (Å²) in [7, 11) is 0. The van der Waals surface area contributed by atoms with Crippen molar-refractivity contribution in [2.24, 2.45) is 11.7 Å². The van der Waals surface area contributed by atoms with Crippen molar-refractivity contribution < 1.29 is 18.8 Å². The molecule has 5 N–H and O–H groups in total. The van der Waals surface area contributed by atoms with Crippen molar-refractivity contribution in [3.63, 3.8) is 0 Å². The zero-order valence-corrected chi connectivity index (χ0v) is 22.4. The number of carbonyl (C=O) groups excluding carboxylic acids is 3. The van der Waals surface area contributed by atoms with E-state index in [1.165, 1.54) is 24.3 Å². The first kappa shape index (κ1) is 26.6. The number of primary amides is 1. The van der Waals surface area contributed by atoms with Gasteiger partial charge in [0.15, 0.2) is 0 Å². The van der Waals surface area contributed by atoms with Crippen LogP contribution in [-0.2, 0) is 4.79 Å². The molecule has 202 valence electrons. The van der Waals surface area contributed by atoms with E-state index < -0.39 is 11.7 Å². The van der Waals surface area contributed by atoms with Gasteiger partial charge in [-0.25, -0.2) is 4.39 Å². The van der Waals surface area contributed by atoms with Crippen LogP contribution in [-0.4, -0.2) is 22.7 Å². The van der Waals surface area contributed by atoms with Gasteiger partial charge in [0, 0.05) is 39.6 Å². The van der Waals surface area contributed by atoms with Crippen LogP contribution in [0.2, 0.25) is 0 Å². The van der Waals surface area contributed by atoms with Gasteiger partial charge in [-0.1, -0.05) is 38.1 Å². The Morgan fingerprint density at radius 2 is 1.68 bits per heavy atom. The van der Waals surface area contributed by atoms with E-state index in [2.05, 4.69) is 15.6 Å². The molecule has 0 radical (unpaired) electrons. The number of amides is 3. The molecule has 0 aliphatic carbocycles. The lowest BCUT2D eigenvalue weighted by molar-refractivity contribution is -0.116. The number of nitrogens with one attached hydrogen (secondary N) is 3. The number of H-pyrrole nitrogens is 1. The SMILES string of the molecule is Cc1c(NC(=O)c2ccc(F)cc2)cccc1-c1ccc(C(N)=O)c2[nH]c3cc(NC(=O)CC(C)C)ccc3c12. The Balaban J connectivity index is 1.60. The predicted molar refractivity (Wildman–Crippen MR) is 157 cm³/mol. The van der Waals surface area contributed by atoms with Gasteiger partial charge in [0.25, 0.3) is 11.8 Å². The molecule has 0 aliphatic rings. The van der Waals surface area contributed by atoms with Crippen LogP contribution >= 0.6 is 0 Å². The van der Waals surface area contributed by atoms with Gasteiger partial charge in [0.2, 0.25) is 5.91 Å². The lowest BCUT2D eigenvalue weighted by Gasteiger charge is -2.15. The predicted octanol–water partition coefficient (Wildman–Crippen LogP) is 6.77. The van der Waals surface area contributed by atoms with E-state index in [1.807, 2.05) is 57.2 Å². The highest BCUT2D eigenvalue weighted by atomic mass is 19.1. The van der Waals surface area contributed by atoms with Gasteiger partial charge >= 0.3 is 0 Å². The number of hydrogen-bond donors (Lipinski definition) is 4. The van der Waals surface area contributed by atoms with Crippen molar-refractivity contribution in [2.45, 2.75) is 27.2 Å². The number of rotatable bonds is 7. The number of anilines is 2. The molecule has 4 aromatic carbocycles. The van der Waals surface area contributed by atoms with Crippen LogP contribution in [0, 0.1) is 18.7 Å². The Morgan fingerprint density at radius 3 is 2.38 bits per heavy atom. The molecular formula is C32H29FN4O3. The first-order valence-corrected chi connectivity index (χ1v) is 13.0. The van der Waals surface area contributed by atoms with Crippen molar-refractivity contribution >= 4 is 50.9 Å². The van der Waals surface area contributed by atoms with Gasteiger partial charge in [-0.05, 0) is 78.1 Å². The van der Waals surface area contributed by atoms with Crippen LogP contribution in [0.1, 0.15) is 46.5 Å². The number of aromatic amines is 1. The van der Waals surface area contributed by atoms with Gasteiger partial charge in [0.1, 0.15) is 5.82 Å². The zero-order valence-electron chi connectivity index (χ0n) is 22.4. The highest BCUT2D eigenvalue weighted by Crippen LogP contribution is 2.39. The summed E-state index contributed by atoms with van der Waals surface area (Å²) in [5.41, 5.74) is 11.5. The maximum Gasteiger partial charge on any atom is 0.255 e. The molecule has 3 amide bonds. The fourth-order valence-electron chi connectivity index (χ4n) is 4.96. The molecule has 40 heavy (non-hydrogen) atoms. The minimum atomic E-state index is -0.564. The Morgan fingerprint density at radius 1 is 0.925 bits per heavy atom. The average molecular weight is 537 g/mol. The van der Waals surface area contributed by atoms with Gasteiger partial charge in [-0.3, -0.25) is 14.4 Å². The molecule has 0 fully saturated rings. The molecule has 1 heterocycles. The highest BCUT2D eigenvalue weighted by Gasteiger charge is 2.19. The third-order valence-corrected chi connectivity index (χ3v) is 6.88. The maximum absolute atomic E-state index is 13.3. The van der Waals surface area contributed by atoms with E-state index in [9.17, 15) is 18.8 Å². The number of aromatic nitrogens is 1. The number of carbonyl (C=O) groups is 3. The summed E-state index contributed by atoms with van der Waals surface area (Å²) >= 11 is 0. The van der Waals surface area contributed by atoms with Gasteiger partial charge in [-0.2, -0.15) is 0 Å². The van der Waals surface area contributed by atoms with Crippen LogP contribution in [0.15, 0.2) is 72.8 Å². The molecule has 0 spiro atoms. The first-order valence-electron chi connectivity index (χ1n) is 13.0. The second kappa shape index (κ2) is 10.6. The molecule has 5 rings (SSSR count). The number of fused-ring (bicyclic) bond motifs is 3. The first-order chi connectivity index (χ1) is 19.1. The van der Waals surface area contributed by atoms with Crippen molar-refractivity contribution in [1.29, 1.82) is 0 Å². The molecule has 0 bridgehead atoms. The van der Waals surface area contributed by atoms with E-state index >= 15 is 0 Å². The quantitative estimate of drug-likeness (QED) is 0.184. The molecular weight excluding hydrogens is 507 g/mol. The molecule has 0 atom stereocenters. The van der Waals surface area contributed by atoms with Crippen molar-refractivity contribution in [3.8, 4) is 11.1 Å². The second-order valence-electron chi connectivity index (χ2n) is 10.2. The number of halogens is 1. The molecule has 7 nitrogen and oxygen atoms in total. The molecule has 8 heteroatoms. The summed E-state index contributed by atoms with van der Waals surface area (Å²) in [6, 6.07) is 20.1. The third kappa shape index (κ3) is 5.16. The van der Waals surface area contributed by atoms with Gasteiger partial charge in [0.05, 0.1) is 11.1 Å². The molecule has 0 saturated heterocycles. The second-order valence-corrected chi connectivity index (χ2v) is 10.2. The molecule has 5 aromatic rings. The van der Waals surface area contributed by atoms with E-state index in [4.69, 9.17) is 5.73 Å². The van der Waals surface area contributed by atoms with E-state index in [0.717, 1.165) is 33.0 Å². The fraction of sp³-hybridized carbons (Fsp3) is 0.156. The van der Waals surface area contributed by atoms with E-state index in [-0.39, 0.29) is 17.7 Å². The number of hydrogen-bond acceptors (Lipinski definition) is 3. The van der Waals surface area contributed by atoms with E-state index in [0.29, 0.717) is 34.4 Å². The molecule has 0 unspecified atom stereocenters. The summed E-state index contributed by atoms with van der Waals surface area (Å²) in [6.07, 6.45) is 0.411. The smallest absolute Gasteiger partial charge is 0.255 e. The zero-order chi connectivity index (χ0) is 28.6. The van der Waals surface area contributed by atoms with Crippen molar-refractivity contribution in [3.05, 3.63) is 95.3 Å². The summed E-state index contributed by atoms with van der Waals surface area (Å²) in [4.78, 5) is 40.8. The van der Waals surface area contributed by atoms with Gasteiger partial charge < -0.3 is 21.4 Å². The van der Waals surface area contributed by atoms with Crippen LogP contribution in [0.5, 0.6) is 0 Å². The van der Waals surface area contributed by atoms with Crippen LogP contribution < -0.4 is 16.4 Å². The number of benzene rings is 4. The Labute approximate surface area is 230 Å². The monoisotopic (exact) mass is 536 g/mol. The highest BCUT2D eigenvalue weighted by molar-refractivity contribution is 6.20. The third-order valence-electron chi connectivity index (χ3n) is 6.88. The Bertz CT molecular complexity index is 1790. The summed E-state index contributed by atoms with van der Waals surface area (Å²) in [5.74, 6) is -1.17. The molecule has 0 saturated carbocycles. The average Bonchev–Trinajstić information content (AvgIpc) is 3.28. The Hall–Kier alpha value is -4.98. The van der Waals surface area contributed by atoms with Crippen molar-refractivity contribution in [2.75, 3.05) is 10.6 Å². The largest absolute Gasteiger partial charge is 0.366 e. The molecule has 0 aliphatic heterocycles. The fourth-order valence-corrected chi connectivity index (χ4v) is 4.96. The normalized spacial score (nSPS) is 11.2. The lowest BCUT2D eigenvalue weighted by atomic mass is 9.93. The minimum absolute atomic E-state index is 0.0703. The molecule has 1 aromatic heterocycles. The van der Waals surface area contributed by atoms with Crippen LogP contribution in [0.3, 0.4) is 0 Å². The number of nitrogens with two attached hydrogens (primary N) is 1. The van der Waals surface area contributed by atoms with Crippen LogP contribution in [0.25, 0.3) is 32.9 Å². The van der Waals surface area contributed by atoms with Crippen LogP contribution in [0.4, 0.5) is 15.8 Å².